The summed E-state index contributed by atoms with van der Waals surface area (Å²) < 4.78 is 5.34. The largest absolute Gasteiger partial charge is 0.481 e. The number of nitrogen functional groups attached to an aromatic ring is 1. The van der Waals surface area contributed by atoms with Crippen LogP contribution in [0.3, 0.4) is 0 Å². The van der Waals surface area contributed by atoms with E-state index in [1.165, 1.54) is 4.90 Å². The van der Waals surface area contributed by atoms with Gasteiger partial charge in [-0.2, -0.15) is 0 Å². The normalized spacial score (nSPS) is 15.4. The van der Waals surface area contributed by atoms with Gasteiger partial charge in [-0.1, -0.05) is 13.8 Å². The van der Waals surface area contributed by atoms with Crippen molar-refractivity contribution in [1.29, 1.82) is 0 Å². The molecule has 6 heteroatoms. The first kappa shape index (κ1) is 15.2. The van der Waals surface area contributed by atoms with Gasteiger partial charge in [0, 0.05) is 17.8 Å². The number of carbonyl (C=O) groups excluding carboxylic acids is 2. The Morgan fingerprint density at radius 3 is 2.81 bits per heavy atom. The fraction of sp³-hybridized carbons (Fsp3) is 0.467. The van der Waals surface area contributed by atoms with Gasteiger partial charge in [0.1, 0.15) is 12.3 Å². The first-order valence-electron chi connectivity index (χ1n) is 7.00. The molecule has 21 heavy (non-hydrogen) atoms. The minimum Gasteiger partial charge on any atom is -0.481 e. The molecule has 0 radical (unpaired) electrons. The van der Waals surface area contributed by atoms with E-state index in [0.717, 1.165) is 0 Å². The highest BCUT2D eigenvalue weighted by Crippen LogP contribution is 2.33. The SMILES string of the molecule is CC(C)C(C)NC(=O)CN1C(=O)COc2cc(N)ccc21. The summed E-state index contributed by atoms with van der Waals surface area (Å²) in [4.78, 5) is 25.5. The molecule has 0 saturated heterocycles. The van der Waals surface area contributed by atoms with Crippen molar-refractivity contribution in [2.45, 2.75) is 26.8 Å². The van der Waals surface area contributed by atoms with Gasteiger partial charge < -0.3 is 15.8 Å². The second kappa shape index (κ2) is 6.03. The van der Waals surface area contributed by atoms with E-state index in [2.05, 4.69) is 5.32 Å². The second-order valence-electron chi connectivity index (χ2n) is 5.60. The van der Waals surface area contributed by atoms with Crippen LogP contribution in [0.15, 0.2) is 18.2 Å². The molecule has 0 aromatic heterocycles. The molecule has 1 aliphatic heterocycles. The smallest absolute Gasteiger partial charge is 0.265 e. The first-order valence-corrected chi connectivity index (χ1v) is 7.00. The summed E-state index contributed by atoms with van der Waals surface area (Å²) in [7, 11) is 0. The molecular weight excluding hydrogens is 270 g/mol. The quantitative estimate of drug-likeness (QED) is 0.815. The summed E-state index contributed by atoms with van der Waals surface area (Å²) >= 11 is 0. The molecule has 0 saturated carbocycles. The third kappa shape index (κ3) is 3.45. The summed E-state index contributed by atoms with van der Waals surface area (Å²) in [5.41, 5.74) is 6.83. The highest BCUT2D eigenvalue weighted by Gasteiger charge is 2.27. The van der Waals surface area contributed by atoms with Crippen LogP contribution >= 0.6 is 0 Å². The Bertz CT molecular complexity index is 557. The van der Waals surface area contributed by atoms with E-state index < -0.39 is 0 Å². The Balaban J connectivity index is 2.13. The van der Waals surface area contributed by atoms with Gasteiger partial charge in [0.15, 0.2) is 6.61 Å². The van der Waals surface area contributed by atoms with Crippen molar-refractivity contribution in [3.05, 3.63) is 18.2 Å². The van der Waals surface area contributed by atoms with Crippen molar-refractivity contribution >= 4 is 23.2 Å². The van der Waals surface area contributed by atoms with E-state index in [1.807, 2.05) is 20.8 Å². The van der Waals surface area contributed by atoms with Crippen molar-refractivity contribution in [2.75, 3.05) is 23.8 Å². The van der Waals surface area contributed by atoms with E-state index in [1.54, 1.807) is 18.2 Å². The maximum absolute atomic E-state index is 12.1. The van der Waals surface area contributed by atoms with E-state index in [0.29, 0.717) is 23.0 Å². The molecule has 6 nitrogen and oxygen atoms in total. The van der Waals surface area contributed by atoms with Gasteiger partial charge in [-0.25, -0.2) is 0 Å². The van der Waals surface area contributed by atoms with Crippen molar-refractivity contribution in [3.63, 3.8) is 0 Å². The zero-order valence-corrected chi connectivity index (χ0v) is 12.6. The number of nitrogens with one attached hydrogen (secondary N) is 1. The highest BCUT2D eigenvalue weighted by molar-refractivity contribution is 6.02. The zero-order chi connectivity index (χ0) is 15.6. The van der Waals surface area contributed by atoms with E-state index in [-0.39, 0.29) is 31.0 Å². The topological polar surface area (TPSA) is 84.7 Å². The van der Waals surface area contributed by atoms with Gasteiger partial charge in [-0.05, 0) is 25.0 Å². The number of nitrogens with zero attached hydrogens (tertiary/aromatic N) is 1. The zero-order valence-electron chi connectivity index (χ0n) is 12.6. The maximum Gasteiger partial charge on any atom is 0.265 e. The molecule has 1 heterocycles. The lowest BCUT2D eigenvalue weighted by Crippen LogP contribution is -2.47. The fourth-order valence-corrected chi connectivity index (χ4v) is 2.00. The van der Waals surface area contributed by atoms with Gasteiger partial charge in [-0.15, -0.1) is 0 Å². The van der Waals surface area contributed by atoms with Gasteiger partial charge in [0.25, 0.3) is 5.91 Å². The number of ether oxygens (including phenoxy) is 1. The Morgan fingerprint density at radius 2 is 2.14 bits per heavy atom. The van der Waals surface area contributed by atoms with Crippen LogP contribution in [0.1, 0.15) is 20.8 Å². The molecule has 1 aliphatic rings. The number of hydrogen-bond acceptors (Lipinski definition) is 4. The predicted molar refractivity (Wildman–Crippen MR) is 81.1 cm³/mol. The lowest BCUT2D eigenvalue weighted by molar-refractivity contribution is -0.125. The molecule has 1 aromatic carbocycles. The number of hydrogen-bond donors (Lipinski definition) is 2. The molecular formula is C15H21N3O3. The number of carbonyl (C=O) groups is 2. The minimum atomic E-state index is -0.236. The molecule has 114 valence electrons. The molecule has 0 spiro atoms. The first-order chi connectivity index (χ1) is 9.88. The lowest BCUT2D eigenvalue weighted by Gasteiger charge is -2.29. The molecule has 2 amide bonds. The van der Waals surface area contributed by atoms with Crippen molar-refractivity contribution < 1.29 is 14.3 Å². The van der Waals surface area contributed by atoms with Gasteiger partial charge in [0.05, 0.1) is 5.69 Å². The molecule has 2 rings (SSSR count). The third-order valence-corrected chi connectivity index (χ3v) is 3.62. The van der Waals surface area contributed by atoms with Crippen molar-refractivity contribution in [2.24, 2.45) is 5.92 Å². The summed E-state index contributed by atoms with van der Waals surface area (Å²) in [5, 5.41) is 2.89. The summed E-state index contributed by atoms with van der Waals surface area (Å²) in [6.07, 6.45) is 0. The second-order valence-corrected chi connectivity index (χ2v) is 5.60. The predicted octanol–water partition coefficient (Wildman–Crippen LogP) is 1.15. The number of nitrogens with two attached hydrogens (primary N) is 1. The van der Waals surface area contributed by atoms with E-state index >= 15 is 0 Å². The molecule has 0 fully saturated rings. The Labute approximate surface area is 124 Å². The minimum absolute atomic E-state index is 0.0177. The van der Waals surface area contributed by atoms with Gasteiger partial charge in [-0.3, -0.25) is 14.5 Å². The summed E-state index contributed by atoms with van der Waals surface area (Å²) in [5.74, 6) is 0.439. The number of rotatable bonds is 4. The number of anilines is 2. The highest BCUT2D eigenvalue weighted by atomic mass is 16.5. The average molecular weight is 291 g/mol. The van der Waals surface area contributed by atoms with Crippen LogP contribution in [-0.4, -0.2) is 31.0 Å². The van der Waals surface area contributed by atoms with Crippen LogP contribution in [0.4, 0.5) is 11.4 Å². The Kier molecular flexibility index (Phi) is 4.35. The van der Waals surface area contributed by atoms with Gasteiger partial charge in [0.2, 0.25) is 5.91 Å². The molecule has 1 atom stereocenters. The molecule has 1 aromatic rings. The van der Waals surface area contributed by atoms with Crippen LogP contribution in [0.5, 0.6) is 5.75 Å². The van der Waals surface area contributed by atoms with Gasteiger partial charge >= 0.3 is 0 Å². The number of amides is 2. The van der Waals surface area contributed by atoms with E-state index in [4.69, 9.17) is 10.5 Å². The third-order valence-electron chi connectivity index (χ3n) is 3.62. The van der Waals surface area contributed by atoms with Crippen LogP contribution in [-0.2, 0) is 9.59 Å². The van der Waals surface area contributed by atoms with Crippen LogP contribution in [0, 0.1) is 5.92 Å². The molecule has 1 unspecified atom stereocenters. The number of benzene rings is 1. The van der Waals surface area contributed by atoms with Crippen LogP contribution in [0.2, 0.25) is 0 Å². The fourth-order valence-electron chi connectivity index (χ4n) is 2.00. The average Bonchev–Trinajstić information content (AvgIpc) is 2.41. The maximum atomic E-state index is 12.1. The Morgan fingerprint density at radius 1 is 1.43 bits per heavy atom. The standard InChI is InChI=1S/C15H21N3O3/c1-9(2)10(3)17-14(19)7-18-12-5-4-11(16)6-13(12)21-8-15(18)20/h4-6,9-10H,7-8,16H2,1-3H3,(H,17,19). The number of fused-ring (bicyclic) bond motifs is 1. The lowest BCUT2D eigenvalue weighted by atomic mass is 10.1. The summed E-state index contributed by atoms with van der Waals surface area (Å²) in [6.45, 7) is 5.91. The molecule has 3 N–H and O–H groups in total. The van der Waals surface area contributed by atoms with Crippen molar-refractivity contribution in [3.8, 4) is 5.75 Å². The van der Waals surface area contributed by atoms with Crippen molar-refractivity contribution in [1.82, 2.24) is 5.32 Å². The van der Waals surface area contributed by atoms with Crippen LogP contribution < -0.4 is 20.7 Å². The molecule has 0 aliphatic carbocycles. The summed E-state index contributed by atoms with van der Waals surface area (Å²) in [6, 6.07) is 5.09. The monoisotopic (exact) mass is 291 g/mol. The van der Waals surface area contributed by atoms with E-state index in [9.17, 15) is 9.59 Å². The Hall–Kier alpha value is -2.24. The van der Waals surface area contributed by atoms with Crippen LogP contribution in [0.25, 0.3) is 0 Å². The molecule has 0 bridgehead atoms.